The molecule has 0 aliphatic heterocycles. The van der Waals surface area contributed by atoms with Crippen LogP contribution in [0.25, 0.3) is 0 Å². The lowest BCUT2D eigenvalue weighted by atomic mass is 10.1. The first-order valence-corrected chi connectivity index (χ1v) is 7.68. The van der Waals surface area contributed by atoms with Gasteiger partial charge in [0.25, 0.3) is 5.91 Å². The number of halogens is 1. The monoisotopic (exact) mass is 373 g/mol. The zero-order valence-corrected chi connectivity index (χ0v) is 14.9. The average Bonchev–Trinajstić information content (AvgIpc) is 2.36. The zero-order chi connectivity index (χ0) is 16.0. The van der Waals surface area contributed by atoms with Crippen molar-refractivity contribution in [1.82, 2.24) is 16.2 Å². The Kier molecular flexibility index (Phi) is 6.42. The molecule has 0 aliphatic carbocycles. The Balaban J connectivity index is 2.41. The van der Waals surface area contributed by atoms with Gasteiger partial charge in [0.1, 0.15) is 5.75 Å². The molecule has 1 aromatic rings. The van der Waals surface area contributed by atoms with Crippen molar-refractivity contribution in [1.29, 1.82) is 0 Å². The van der Waals surface area contributed by atoms with Crippen molar-refractivity contribution in [3.63, 3.8) is 0 Å². The van der Waals surface area contributed by atoms with Crippen molar-refractivity contribution in [3.8, 4) is 5.75 Å². The van der Waals surface area contributed by atoms with Crippen LogP contribution in [-0.4, -0.2) is 22.7 Å². The third-order valence-electron chi connectivity index (χ3n) is 2.28. The Morgan fingerprint density at radius 3 is 2.33 bits per heavy atom. The van der Waals surface area contributed by atoms with Gasteiger partial charge in [0, 0.05) is 10.0 Å². The number of carbonyl (C=O) groups excluding carboxylic acids is 1. The molecular weight excluding hydrogens is 354 g/mol. The fraction of sp³-hybridized carbons (Fsp3) is 0.429. The molecule has 0 radical (unpaired) electrons. The number of carbonyl (C=O) groups is 1. The summed E-state index contributed by atoms with van der Waals surface area (Å²) in [5.74, 6) is 0.312. The lowest BCUT2D eigenvalue weighted by molar-refractivity contribution is -0.127. The molecule has 0 saturated heterocycles. The van der Waals surface area contributed by atoms with Gasteiger partial charge in [-0.1, -0.05) is 15.9 Å². The second-order valence-corrected chi connectivity index (χ2v) is 6.86. The number of hydrazine groups is 1. The van der Waals surface area contributed by atoms with E-state index in [1.165, 1.54) is 0 Å². The maximum Gasteiger partial charge on any atom is 0.279 e. The molecule has 0 spiro atoms. The van der Waals surface area contributed by atoms with Crippen LogP contribution in [0.4, 0.5) is 0 Å². The highest BCUT2D eigenvalue weighted by Crippen LogP contribution is 2.17. The van der Waals surface area contributed by atoms with Gasteiger partial charge in [-0.3, -0.25) is 15.6 Å². The molecule has 1 atom stereocenters. The van der Waals surface area contributed by atoms with Gasteiger partial charge in [-0.2, -0.15) is 0 Å². The molecule has 0 bridgehead atoms. The molecule has 3 N–H and O–H groups in total. The molecule has 0 unspecified atom stereocenters. The van der Waals surface area contributed by atoms with E-state index in [0.29, 0.717) is 10.9 Å². The minimum Gasteiger partial charge on any atom is -0.481 e. The van der Waals surface area contributed by atoms with Gasteiger partial charge in [0.2, 0.25) is 0 Å². The van der Waals surface area contributed by atoms with Gasteiger partial charge in [-0.25, -0.2) is 0 Å². The van der Waals surface area contributed by atoms with E-state index < -0.39 is 6.10 Å². The Morgan fingerprint density at radius 1 is 1.24 bits per heavy atom. The Labute approximate surface area is 138 Å². The zero-order valence-electron chi connectivity index (χ0n) is 12.5. The molecule has 7 heteroatoms. The topological polar surface area (TPSA) is 62.4 Å². The smallest absolute Gasteiger partial charge is 0.279 e. The molecule has 21 heavy (non-hydrogen) atoms. The number of rotatable bonds is 3. The first-order valence-electron chi connectivity index (χ1n) is 6.47. The van der Waals surface area contributed by atoms with Crippen LogP contribution in [0.3, 0.4) is 0 Å². The fourth-order valence-electron chi connectivity index (χ4n) is 1.36. The number of nitrogens with one attached hydrogen (secondary N) is 3. The number of thiocarbonyl (C=S) groups is 1. The summed E-state index contributed by atoms with van der Waals surface area (Å²) in [6.45, 7) is 7.59. The molecule has 0 heterocycles. The van der Waals surface area contributed by atoms with Crippen molar-refractivity contribution in [2.75, 3.05) is 0 Å². The van der Waals surface area contributed by atoms with Crippen LogP contribution in [0.1, 0.15) is 27.7 Å². The summed E-state index contributed by atoms with van der Waals surface area (Å²) < 4.78 is 6.48. The lowest BCUT2D eigenvalue weighted by Gasteiger charge is -2.23. The largest absolute Gasteiger partial charge is 0.481 e. The number of ether oxygens (including phenoxy) is 1. The molecule has 0 aromatic heterocycles. The fourth-order valence-corrected chi connectivity index (χ4v) is 1.98. The highest BCUT2D eigenvalue weighted by Gasteiger charge is 2.16. The summed E-state index contributed by atoms with van der Waals surface area (Å²) in [6.07, 6.45) is -0.642. The van der Waals surface area contributed by atoms with Crippen molar-refractivity contribution in [3.05, 3.63) is 28.7 Å². The molecule has 0 fully saturated rings. The van der Waals surface area contributed by atoms with Crippen molar-refractivity contribution >= 4 is 39.2 Å². The van der Waals surface area contributed by atoms with E-state index in [1.807, 2.05) is 32.9 Å². The molecule has 1 aromatic carbocycles. The molecular formula is C14H20BrN3O2S. The normalized spacial score (nSPS) is 12.2. The van der Waals surface area contributed by atoms with Gasteiger partial charge in [-0.05, 0) is 64.2 Å². The third kappa shape index (κ3) is 7.29. The Morgan fingerprint density at radius 2 is 1.81 bits per heavy atom. The Hall–Kier alpha value is -1.34. The van der Waals surface area contributed by atoms with E-state index in [-0.39, 0.29) is 11.4 Å². The van der Waals surface area contributed by atoms with E-state index in [4.69, 9.17) is 17.0 Å². The number of hydrogen-bond acceptors (Lipinski definition) is 3. The number of amides is 1. The third-order valence-corrected chi connectivity index (χ3v) is 3.02. The second kappa shape index (κ2) is 7.61. The summed E-state index contributed by atoms with van der Waals surface area (Å²) in [5, 5.41) is 3.38. The highest BCUT2D eigenvalue weighted by atomic mass is 79.9. The molecule has 1 rings (SSSR count). The van der Waals surface area contributed by atoms with Gasteiger partial charge < -0.3 is 10.1 Å². The van der Waals surface area contributed by atoms with Crippen LogP contribution in [0, 0.1) is 0 Å². The maximum atomic E-state index is 11.9. The van der Waals surface area contributed by atoms with Crippen LogP contribution in [0.2, 0.25) is 0 Å². The van der Waals surface area contributed by atoms with Crippen LogP contribution in [-0.2, 0) is 4.79 Å². The van der Waals surface area contributed by atoms with Gasteiger partial charge in [0.05, 0.1) is 0 Å². The first-order chi connectivity index (χ1) is 9.67. The minimum atomic E-state index is -0.642. The van der Waals surface area contributed by atoms with Gasteiger partial charge >= 0.3 is 0 Å². The molecule has 1 amide bonds. The summed E-state index contributed by atoms with van der Waals surface area (Å²) in [6, 6.07) is 7.27. The summed E-state index contributed by atoms with van der Waals surface area (Å²) in [7, 11) is 0. The van der Waals surface area contributed by atoms with E-state index in [2.05, 4.69) is 32.1 Å². The average molecular weight is 374 g/mol. The molecule has 116 valence electrons. The highest BCUT2D eigenvalue weighted by molar-refractivity contribution is 9.10. The summed E-state index contributed by atoms with van der Waals surface area (Å²) in [4.78, 5) is 11.9. The van der Waals surface area contributed by atoms with E-state index in [0.717, 1.165) is 4.47 Å². The molecule has 0 saturated carbocycles. The predicted octanol–water partition coefficient (Wildman–Crippen LogP) is 2.51. The van der Waals surface area contributed by atoms with Crippen molar-refractivity contribution in [2.45, 2.75) is 39.3 Å². The number of hydrogen-bond donors (Lipinski definition) is 3. The van der Waals surface area contributed by atoms with E-state index in [1.54, 1.807) is 19.1 Å². The van der Waals surface area contributed by atoms with Crippen LogP contribution >= 0.6 is 28.1 Å². The predicted molar refractivity (Wildman–Crippen MR) is 91.0 cm³/mol. The summed E-state index contributed by atoms with van der Waals surface area (Å²) >= 11 is 8.41. The van der Waals surface area contributed by atoms with Gasteiger partial charge in [-0.15, -0.1) is 0 Å². The van der Waals surface area contributed by atoms with E-state index in [9.17, 15) is 4.79 Å². The van der Waals surface area contributed by atoms with Crippen LogP contribution in [0.15, 0.2) is 28.7 Å². The first kappa shape index (κ1) is 17.7. The van der Waals surface area contributed by atoms with E-state index >= 15 is 0 Å². The molecule has 5 nitrogen and oxygen atoms in total. The standard InChI is InChI=1S/C14H20BrN3O2S/c1-9(20-11-7-5-10(15)6-8-11)12(19)17-18-13(21)16-14(2,3)4/h5-9H,1-4H3,(H,17,19)(H2,16,18,21)/t9-/m1/s1. The second-order valence-electron chi connectivity index (χ2n) is 5.53. The van der Waals surface area contributed by atoms with Gasteiger partial charge in [0.15, 0.2) is 11.2 Å². The minimum absolute atomic E-state index is 0.172. The SMILES string of the molecule is C[C@@H](Oc1ccc(Br)cc1)C(=O)NNC(=S)NC(C)(C)C. The quantitative estimate of drug-likeness (QED) is 0.561. The van der Waals surface area contributed by atoms with Crippen molar-refractivity contribution in [2.24, 2.45) is 0 Å². The Bertz CT molecular complexity index is 500. The molecule has 0 aliphatic rings. The van der Waals surface area contributed by atoms with Crippen LogP contribution in [0.5, 0.6) is 5.75 Å². The maximum absolute atomic E-state index is 11.9. The van der Waals surface area contributed by atoms with Crippen molar-refractivity contribution < 1.29 is 9.53 Å². The lowest BCUT2D eigenvalue weighted by Crippen LogP contribution is -2.54. The number of benzene rings is 1. The summed E-state index contributed by atoms with van der Waals surface area (Å²) in [5.41, 5.74) is 4.99. The van der Waals surface area contributed by atoms with Crippen LogP contribution < -0.4 is 20.9 Å².